The van der Waals surface area contributed by atoms with Crippen LogP contribution >= 0.6 is 0 Å². The highest BCUT2D eigenvalue weighted by Crippen LogP contribution is 2.18. The number of carboxylic acid groups (broad SMARTS) is 1. The molecular weight excluding hydrogens is 275 g/mol. The van der Waals surface area contributed by atoms with Gasteiger partial charge in [-0.25, -0.2) is 17.6 Å². The first-order valence-electron chi connectivity index (χ1n) is 5.17. The van der Waals surface area contributed by atoms with Gasteiger partial charge in [0.05, 0.1) is 16.5 Å². The maximum Gasteiger partial charge on any atom is 0.338 e. The molecular formula is C11H11FN2O4S. The van der Waals surface area contributed by atoms with Crippen LogP contribution in [0.25, 0.3) is 0 Å². The Labute approximate surface area is 109 Å². The Morgan fingerprint density at radius 1 is 1.53 bits per heavy atom. The fourth-order valence-electron chi connectivity index (χ4n) is 1.34. The molecule has 0 saturated carbocycles. The minimum atomic E-state index is -3.93. The van der Waals surface area contributed by atoms with E-state index in [1.807, 2.05) is 0 Å². The van der Waals surface area contributed by atoms with Crippen LogP contribution in [0, 0.1) is 17.1 Å². The molecule has 0 atom stereocenters. The van der Waals surface area contributed by atoms with Crippen molar-refractivity contribution in [2.45, 2.75) is 11.3 Å². The lowest BCUT2D eigenvalue weighted by Crippen LogP contribution is -2.28. The van der Waals surface area contributed by atoms with Crippen molar-refractivity contribution in [3.05, 3.63) is 29.6 Å². The maximum atomic E-state index is 13.2. The Bertz CT molecular complexity index is 637. The summed E-state index contributed by atoms with van der Waals surface area (Å²) >= 11 is 0. The fourth-order valence-corrected chi connectivity index (χ4v) is 2.53. The Morgan fingerprint density at radius 2 is 2.16 bits per heavy atom. The number of hydrogen-bond acceptors (Lipinski definition) is 4. The third-order valence-corrected chi connectivity index (χ3v) is 4.27. The molecule has 0 unspecified atom stereocenters. The third kappa shape index (κ3) is 3.27. The number of sulfonamides is 1. The topological polar surface area (TPSA) is 98.5 Å². The number of nitrogens with zero attached hydrogens (tertiary/aromatic N) is 2. The van der Waals surface area contributed by atoms with Gasteiger partial charge in [-0.15, -0.1) is 0 Å². The zero-order chi connectivity index (χ0) is 14.6. The zero-order valence-corrected chi connectivity index (χ0v) is 10.8. The number of halogens is 1. The summed E-state index contributed by atoms with van der Waals surface area (Å²) in [6.07, 6.45) is 0.00269. The average Bonchev–Trinajstić information content (AvgIpc) is 2.35. The lowest BCUT2D eigenvalue weighted by atomic mass is 10.2. The molecule has 1 aromatic rings. The molecule has 0 fully saturated rings. The van der Waals surface area contributed by atoms with Gasteiger partial charge in [-0.05, 0) is 18.2 Å². The van der Waals surface area contributed by atoms with E-state index in [1.165, 1.54) is 7.05 Å². The molecule has 0 saturated heterocycles. The van der Waals surface area contributed by atoms with Gasteiger partial charge in [-0.2, -0.15) is 9.57 Å². The van der Waals surface area contributed by atoms with Crippen molar-refractivity contribution in [1.29, 1.82) is 5.26 Å². The number of nitriles is 1. The van der Waals surface area contributed by atoms with Crippen LogP contribution in [0.5, 0.6) is 0 Å². The fraction of sp³-hybridized carbons (Fsp3) is 0.273. The van der Waals surface area contributed by atoms with Crippen LogP contribution in [-0.4, -0.2) is 37.4 Å². The van der Waals surface area contributed by atoms with E-state index in [9.17, 15) is 17.6 Å². The van der Waals surface area contributed by atoms with Gasteiger partial charge >= 0.3 is 5.97 Å². The van der Waals surface area contributed by atoms with E-state index in [0.717, 1.165) is 22.5 Å². The van der Waals surface area contributed by atoms with Gasteiger partial charge < -0.3 is 5.11 Å². The molecule has 1 N–H and O–H groups in total. The standard InChI is InChI=1S/C11H11FN2O4S/c1-14(6-2-5-13)19(17,18)8-3-4-10(12)9(7-8)11(15)16/h3-4,7H,2,6H2,1H3,(H,15,16). The monoisotopic (exact) mass is 286 g/mol. The van der Waals surface area contributed by atoms with Gasteiger partial charge in [-0.1, -0.05) is 0 Å². The van der Waals surface area contributed by atoms with Crippen molar-refractivity contribution in [3.63, 3.8) is 0 Å². The Morgan fingerprint density at radius 3 is 2.68 bits per heavy atom. The van der Waals surface area contributed by atoms with Gasteiger partial charge in [0.15, 0.2) is 0 Å². The largest absolute Gasteiger partial charge is 0.478 e. The average molecular weight is 286 g/mol. The van der Waals surface area contributed by atoms with Crippen LogP contribution in [0.2, 0.25) is 0 Å². The molecule has 8 heteroatoms. The molecule has 1 rings (SSSR count). The van der Waals surface area contributed by atoms with E-state index in [-0.39, 0.29) is 17.9 Å². The Kier molecular flexibility index (Phi) is 4.58. The molecule has 0 aliphatic heterocycles. The molecule has 0 aromatic heterocycles. The summed E-state index contributed by atoms with van der Waals surface area (Å²) in [5.74, 6) is -2.56. The van der Waals surface area contributed by atoms with Crippen molar-refractivity contribution < 1.29 is 22.7 Å². The van der Waals surface area contributed by atoms with Crippen LogP contribution in [0.15, 0.2) is 23.1 Å². The molecule has 6 nitrogen and oxygen atoms in total. The summed E-state index contributed by atoms with van der Waals surface area (Å²) < 4.78 is 38.1. The predicted octanol–water partition coefficient (Wildman–Crippen LogP) is 1.06. The first-order valence-corrected chi connectivity index (χ1v) is 6.61. The van der Waals surface area contributed by atoms with E-state index in [0.29, 0.717) is 0 Å². The summed E-state index contributed by atoms with van der Waals surface area (Å²) in [6.45, 7) is -0.0292. The molecule has 19 heavy (non-hydrogen) atoms. The first kappa shape index (κ1) is 15.1. The molecule has 0 spiro atoms. The van der Waals surface area contributed by atoms with Crippen molar-refractivity contribution >= 4 is 16.0 Å². The van der Waals surface area contributed by atoms with E-state index < -0.39 is 27.4 Å². The summed E-state index contributed by atoms with van der Waals surface area (Å²) in [7, 11) is -2.67. The summed E-state index contributed by atoms with van der Waals surface area (Å²) in [6, 6.07) is 4.33. The zero-order valence-electron chi connectivity index (χ0n) is 10.00. The quantitative estimate of drug-likeness (QED) is 0.872. The highest BCUT2D eigenvalue weighted by molar-refractivity contribution is 7.89. The molecule has 0 aliphatic carbocycles. The van der Waals surface area contributed by atoms with Crippen LogP contribution in [-0.2, 0) is 10.0 Å². The highest BCUT2D eigenvalue weighted by Gasteiger charge is 2.23. The minimum absolute atomic E-state index is 0.00269. The number of benzene rings is 1. The lowest BCUT2D eigenvalue weighted by Gasteiger charge is -2.15. The summed E-state index contributed by atoms with van der Waals surface area (Å²) in [5.41, 5.74) is -0.713. The molecule has 1 aromatic carbocycles. The van der Waals surface area contributed by atoms with Crippen LogP contribution in [0.4, 0.5) is 4.39 Å². The number of hydrogen-bond donors (Lipinski definition) is 1. The number of carbonyl (C=O) groups is 1. The Balaban J connectivity index is 3.19. The van der Waals surface area contributed by atoms with Crippen molar-refractivity contribution in [3.8, 4) is 6.07 Å². The molecule has 0 aliphatic rings. The van der Waals surface area contributed by atoms with Crippen LogP contribution in [0.3, 0.4) is 0 Å². The van der Waals surface area contributed by atoms with Crippen molar-refractivity contribution in [2.75, 3.05) is 13.6 Å². The van der Waals surface area contributed by atoms with Gasteiger partial charge in [0.2, 0.25) is 10.0 Å². The van der Waals surface area contributed by atoms with E-state index in [1.54, 1.807) is 6.07 Å². The van der Waals surface area contributed by atoms with Gasteiger partial charge in [-0.3, -0.25) is 0 Å². The van der Waals surface area contributed by atoms with Crippen LogP contribution < -0.4 is 0 Å². The molecule has 0 amide bonds. The second-order valence-electron chi connectivity index (χ2n) is 3.68. The molecule has 102 valence electrons. The van der Waals surface area contributed by atoms with Gasteiger partial charge in [0, 0.05) is 20.0 Å². The number of rotatable bonds is 5. The summed E-state index contributed by atoms with van der Waals surface area (Å²) in [4.78, 5) is 10.4. The van der Waals surface area contributed by atoms with Gasteiger partial charge in [0.25, 0.3) is 0 Å². The minimum Gasteiger partial charge on any atom is -0.478 e. The van der Waals surface area contributed by atoms with Crippen molar-refractivity contribution in [2.24, 2.45) is 0 Å². The van der Waals surface area contributed by atoms with E-state index >= 15 is 0 Å². The molecule has 0 heterocycles. The first-order chi connectivity index (χ1) is 8.80. The van der Waals surface area contributed by atoms with Crippen molar-refractivity contribution in [1.82, 2.24) is 4.31 Å². The number of aromatic carboxylic acids is 1. The second kappa shape index (κ2) is 5.77. The molecule has 0 radical (unpaired) electrons. The smallest absolute Gasteiger partial charge is 0.338 e. The maximum absolute atomic E-state index is 13.2. The van der Waals surface area contributed by atoms with Crippen LogP contribution in [0.1, 0.15) is 16.8 Å². The lowest BCUT2D eigenvalue weighted by molar-refractivity contribution is 0.0691. The summed E-state index contributed by atoms with van der Waals surface area (Å²) in [5, 5.41) is 17.2. The van der Waals surface area contributed by atoms with Gasteiger partial charge in [0.1, 0.15) is 5.82 Å². The second-order valence-corrected chi connectivity index (χ2v) is 5.73. The number of carboxylic acids is 1. The van der Waals surface area contributed by atoms with E-state index in [4.69, 9.17) is 10.4 Å². The predicted molar refractivity (Wildman–Crippen MR) is 63.4 cm³/mol. The SMILES string of the molecule is CN(CCC#N)S(=O)(=O)c1ccc(F)c(C(=O)O)c1. The highest BCUT2D eigenvalue weighted by atomic mass is 32.2. The van der Waals surface area contributed by atoms with E-state index in [2.05, 4.69) is 0 Å². The third-order valence-electron chi connectivity index (χ3n) is 2.41. The normalized spacial score (nSPS) is 11.3. The molecule has 0 bridgehead atoms. The Hall–Kier alpha value is -1.98.